The van der Waals surface area contributed by atoms with Gasteiger partial charge < -0.3 is 10.5 Å². The number of fused-ring (bicyclic) bond motifs is 1. The maximum Gasteiger partial charge on any atom is 0.335 e. The number of amides is 1. The fourth-order valence-electron chi connectivity index (χ4n) is 3.54. The van der Waals surface area contributed by atoms with Gasteiger partial charge in [0.2, 0.25) is 0 Å². The first-order valence-electron chi connectivity index (χ1n) is 9.84. The predicted molar refractivity (Wildman–Crippen MR) is 118 cm³/mol. The summed E-state index contributed by atoms with van der Waals surface area (Å²) in [7, 11) is 1.52. The SMILES string of the molecule is COc1cccc(-n2c(=O)n(CC(=O)c3ccc(C)cc3)c3c(C(N)=O)nc(C)nc32)c1. The number of carbonyl (C=O) groups is 2. The van der Waals surface area contributed by atoms with E-state index in [-0.39, 0.29) is 35.0 Å². The summed E-state index contributed by atoms with van der Waals surface area (Å²) >= 11 is 0. The van der Waals surface area contributed by atoms with E-state index in [1.54, 1.807) is 43.3 Å². The molecule has 2 heterocycles. The number of primary amides is 1. The van der Waals surface area contributed by atoms with Gasteiger partial charge in [-0.05, 0) is 26.0 Å². The van der Waals surface area contributed by atoms with Crippen molar-refractivity contribution in [1.82, 2.24) is 19.1 Å². The molecule has 0 aliphatic carbocycles. The number of ketones is 1. The summed E-state index contributed by atoms with van der Waals surface area (Å²) in [6, 6.07) is 13.9. The average Bonchev–Trinajstić information content (AvgIpc) is 3.04. The van der Waals surface area contributed by atoms with E-state index in [0.29, 0.717) is 17.0 Å². The lowest BCUT2D eigenvalue weighted by Gasteiger charge is -2.06. The van der Waals surface area contributed by atoms with Crippen LogP contribution in [0, 0.1) is 13.8 Å². The van der Waals surface area contributed by atoms with Crippen LogP contribution in [0.2, 0.25) is 0 Å². The van der Waals surface area contributed by atoms with Crippen LogP contribution >= 0.6 is 0 Å². The molecule has 9 heteroatoms. The summed E-state index contributed by atoms with van der Waals surface area (Å²) < 4.78 is 7.78. The van der Waals surface area contributed by atoms with E-state index in [1.165, 1.54) is 16.2 Å². The Morgan fingerprint density at radius 3 is 2.44 bits per heavy atom. The fourth-order valence-corrected chi connectivity index (χ4v) is 3.54. The highest BCUT2D eigenvalue weighted by Gasteiger charge is 2.24. The van der Waals surface area contributed by atoms with Gasteiger partial charge in [0, 0.05) is 11.6 Å². The van der Waals surface area contributed by atoms with Crippen LogP contribution in [0.25, 0.3) is 16.9 Å². The summed E-state index contributed by atoms with van der Waals surface area (Å²) in [4.78, 5) is 47.2. The van der Waals surface area contributed by atoms with E-state index in [0.717, 1.165) is 5.56 Å². The van der Waals surface area contributed by atoms with Crippen LogP contribution in [-0.4, -0.2) is 37.9 Å². The zero-order valence-electron chi connectivity index (χ0n) is 17.8. The van der Waals surface area contributed by atoms with Crippen molar-refractivity contribution in [3.63, 3.8) is 0 Å². The molecular weight excluding hydrogens is 410 g/mol. The Balaban J connectivity index is 1.98. The van der Waals surface area contributed by atoms with Gasteiger partial charge in [-0.2, -0.15) is 0 Å². The molecule has 0 aliphatic heterocycles. The first kappa shape index (κ1) is 21.0. The first-order chi connectivity index (χ1) is 15.3. The highest BCUT2D eigenvalue weighted by atomic mass is 16.5. The number of imidazole rings is 1. The van der Waals surface area contributed by atoms with Gasteiger partial charge in [-0.25, -0.2) is 19.3 Å². The maximum absolute atomic E-state index is 13.5. The summed E-state index contributed by atoms with van der Waals surface area (Å²) in [5.41, 5.74) is 7.10. The second kappa shape index (κ2) is 8.10. The molecule has 0 atom stereocenters. The number of ether oxygens (including phenoxy) is 1. The zero-order valence-corrected chi connectivity index (χ0v) is 17.8. The number of aromatic nitrogens is 4. The third kappa shape index (κ3) is 3.64. The minimum absolute atomic E-state index is 0.108. The molecule has 2 aromatic heterocycles. The van der Waals surface area contributed by atoms with E-state index < -0.39 is 11.6 Å². The number of rotatable bonds is 6. The number of nitrogens with zero attached hydrogens (tertiary/aromatic N) is 4. The molecule has 0 unspecified atom stereocenters. The monoisotopic (exact) mass is 431 g/mol. The number of hydrogen-bond donors (Lipinski definition) is 1. The van der Waals surface area contributed by atoms with Crippen molar-refractivity contribution in [2.75, 3.05) is 7.11 Å². The quantitative estimate of drug-likeness (QED) is 0.467. The molecule has 0 fully saturated rings. The molecule has 0 saturated heterocycles. The minimum atomic E-state index is -0.820. The largest absolute Gasteiger partial charge is 0.497 e. The molecule has 2 aromatic carbocycles. The Bertz CT molecular complexity index is 1420. The van der Waals surface area contributed by atoms with Crippen molar-refractivity contribution >= 4 is 22.9 Å². The van der Waals surface area contributed by atoms with Crippen LogP contribution in [0.15, 0.2) is 53.3 Å². The Labute approximate surface area is 183 Å². The molecule has 1 amide bonds. The predicted octanol–water partition coefficient (Wildman–Crippen LogP) is 2.19. The number of hydrogen-bond acceptors (Lipinski definition) is 6. The standard InChI is InChI=1S/C23H21N5O4/c1-13-7-9-15(10-8-13)18(29)12-27-20-19(21(24)30)25-14(2)26-22(20)28(23(27)31)16-5-4-6-17(11-16)32-3/h4-11H,12H2,1-3H3,(H2,24,30). The van der Waals surface area contributed by atoms with Crippen LogP contribution in [0.3, 0.4) is 0 Å². The molecule has 2 N–H and O–H groups in total. The lowest BCUT2D eigenvalue weighted by molar-refractivity contribution is 0.0966. The van der Waals surface area contributed by atoms with Crippen LogP contribution in [0.5, 0.6) is 5.75 Å². The Morgan fingerprint density at radius 2 is 1.78 bits per heavy atom. The number of nitrogens with two attached hydrogens (primary N) is 1. The molecule has 0 spiro atoms. The van der Waals surface area contributed by atoms with E-state index in [2.05, 4.69) is 9.97 Å². The van der Waals surface area contributed by atoms with Crippen molar-refractivity contribution in [3.05, 3.63) is 81.7 Å². The Kier molecular flexibility index (Phi) is 5.31. The molecule has 0 aliphatic rings. The van der Waals surface area contributed by atoms with Crippen molar-refractivity contribution in [2.45, 2.75) is 20.4 Å². The summed E-state index contributed by atoms with van der Waals surface area (Å²) in [6.45, 7) is 3.21. The lowest BCUT2D eigenvalue weighted by atomic mass is 10.1. The van der Waals surface area contributed by atoms with Crippen LogP contribution in [-0.2, 0) is 6.54 Å². The molecule has 4 aromatic rings. The zero-order chi connectivity index (χ0) is 23.0. The van der Waals surface area contributed by atoms with E-state index in [4.69, 9.17) is 10.5 Å². The summed E-state index contributed by atoms with van der Waals surface area (Å²) in [6.07, 6.45) is 0. The van der Waals surface area contributed by atoms with Gasteiger partial charge in [-0.1, -0.05) is 35.9 Å². The van der Waals surface area contributed by atoms with Crippen molar-refractivity contribution in [3.8, 4) is 11.4 Å². The molecule has 162 valence electrons. The minimum Gasteiger partial charge on any atom is -0.497 e. The molecule has 0 bridgehead atoms. The van der Waals surface area contributed by atoms with Gasteiger partial charge in [-0.3, -0.25) is 14.2 Å². The second-order valence-electron chi connectivity index (χ2n) is 7.35. The molecule has 4 rings (SSSR count). The molecular formula is C23H21N5O4. The van der Waals surface area contributed by atoms with E-state index >= 15 is 0 Å². The van der Waals surface area contributed by atoms with Gasteiger partial charge >= 0.3 is 5.69 Å². The first-order valence-corrected chi connectivity index (χ1v) is 9.84. The van der Waals surface area contributed by atoms with E-state index in [1.807, 2.05) is 19.1 Å². The van der Waals surface area contributed by atoms with Gasteiger partial charge in [0.1, 0.15) is 17.1 Å². The van der Waals surface area contributed by atoms with Gasteiger partial charge in [-0.15, -0.1) is 0 Å². The molecule has 32 heavy (non-hydrogen) atoms. The second-order valence-corrected chi connectivity index (χ2v) is 7.35. The fraction of sp³-hybridized carbons (Fsp3) is 0.174. The number of methoxy groups -OCH3 is 1. The number of carbonyl (C=O) groups excluding carboxylic acids is 2. The number of aryl methyl sites for hydroxylation is 2. The van der Waals surface area contributed by atoms with Gasteiger partial charge in [0.25, 0.3) is 5.91 Å². The summed E-state index contributed by atoms with van der Waals surface area (Å²) in [5.74, 6) is -0.315. The van der Waals surface area contributed by atoms with Crippen molar-refractivity contribution in [2.24, 2.45) is 5.73 Å². The van der Waals surface area contributed by atoms with Crippen molar-refractivity contribution in [1.29, 1.82) is 0 Å². The average molecular weight is 431 g/mol. The third-order valence-electron chi connectivity index (χ3n) is 5.10. The Hall–Kier alpha value is -4.27. The maximum atomic E-state index is 13.5. The molecule has 0 saturated carbocycles. The third-order valence-corrected chi connectivity index (χ3v) is 5.10. The smallest absolute Gasteiger partial charge is 0.335 e. The van der Waals surface area contributed by atoms with Gasteiger partial charge in [0.05, 0.1) is 19.3 Å². The molecule has 0 radical (unpaired) electrons. The summed E-state index contributed by atoms with van der Waals surface area (Å²) in [5, 5.41) is 0. The highest BCUT2D eigenvalue weighted by molar-refractivity contribution is 6.03. The van der Waals surface area contributed by atoms with Crippen LogP contribution in [0.4, 0.5) is 0 Å². The molecule has 9 nitrogen and oxygen atoms in total. The topological polar surface area (TPSA) is 122 Å². The van der Waals surface area contributed by atoms with Crippen LogP contribution < -0.4 is 16.2 Å². The number of Topliss-reactive ketones (excluding diaryl/α,β-unsaturated/α-hetero) is 1. The number of benzene rings is 2. The Morgan fingerprint density at radius 1 is 1.06 bits per heavy atom. The van der Waals surface area contributed by atoms with E-state index in [9.17, 15) is 14.4 Å². The van der Waals surface area contributed by atoms with Gasteiger partial charge in [0.15, 0.2) is 17.1 Å². The van der Waals surface area contributed by atoms with Crippen molar-refractivity contribution < 1.29 is 14.3 Å². The lowest BCUT2D eigenvalue weighted by Crippen LogP contribution is -2.27. The normalized spacial score (nSPS) is 11.0. The van der Waals surface area contributed by atoms with Crippen LogP contribution in [0.1, 0.15) is 32.2 Å². The highest BCUT2D eigenvalue weighted by Crippen LogP contribution is 2.22.